The van der Waals surface area contributed by atoms with E-state index in [0.29, 0.717) is 25.3 Å². The van der Waals surface area contributed by atoms with E-state index < -0.39 is 0 Å². The van der Waals surface area contributed by atoms with Crippen LogP contribution in [0, 0.1) is 0 Å². The van der Waals surface area contributed by atoms with Crippen LogP contribution in [0.5, 0.6) is 0 Å². The van der Waals surface area contributed by atoms with Crippen molar-refractivity contribution in [2.24, 2.45) is 0 Å². The molecule has 1 atom stereocenters. The lowest BCUT2D eigenvalue weighted by atomic mass is 10.1. The highest BCUT2D eigenvalue weighted by atomic mass is 79.9. The first-order valence-electron chi connectivity index (χ1n) is 6.98. The van der Waals surface area contributed by atoms with Gasteiger partial charge in [0.05, 0.1) is 18.7 Å². The minimum absolute atomic E-state index is 0.0957. The Morgan fingerprint density at radius 2 is 2.00 bits per heavy atom. The van der Waals surface area contributed by atoms with Gasteiger partial charge in [0.2, 0.25) is 5.56 Å². The predicted molar refractivity (Wildman–Crippen MR) is 85.8 cm³/mol. The molecule has 5 nitrogen and oxygen atoms in total. The van der Waals surface area contributed by atoms with Gasteiger partial charge in [-0.15, -0.1) is 0 Å². The molecule has 1 amide bonds. The number of carbonyl (C=O) groups is 1. The summed E-state index contributed by atoms with van der Waals surface area (Å²) in [6.45, 7) is 1.54. The summed E-state index contributed by atoms with van der Waals surface area (Å²) in [6.07, 6.45) is 1.32. The Hall–Kier alpha value is -1.92. The lowest BCUT2D eigenvalue weighted by Gasteiger charge is -2.33. The Bertz CT molecular complexity index is 706. The Kier molecular flexibility index (Phi) is 4.40. The molecular formula is C16H15BrN2O3. The van der Waals surface area contributed by atoms with Crippen LogP contribution in [0.2, 0.25) is 0 Å². The number of carbonyl (C=O) groups excluding carboxylic acids is 1. The average molecular weight is 363 g/mol. The Balaban J connectivity index is 1.75. The van der Waals surface area contributed by atoms with Crippen molar-refractivity contribution in [2.75, 3.05) is 19.7 Å². The third-order valence-corrected chi connectivity index (χ3v) is 4.16. The van der Waals surface area contributed by atoms with E-state index in [1.165, 1.54) is 12.3 Å². The molecule has 6 heteroatoms. The highest BCUT2D eigenvalue weighted by Crippen LogP contribution is 2.24. The minimum atomic E-state index is -0.216. The van der Waals surface area contributed by atoms with Crippen molar-refractivity contribution in [3.05, 3.63) is 68.5 Å². The molecule has 2 aromatic rings. The van der Waals surface area contributed by atoms with Crippen LogP contribution in [0.3, 0.4) is 0 Å². The Morgan fingerprint density at radius 1 is 1.23 bits per heavy atom. The summed E-state index contributed by atoms with van der Waals surface area (Å²) < 4.78 is 6.78. The first-order chi connectivity index (χ1) is 10.6. The van der Waals surface area contributed by atoms with Crippen LogP contribution in [0.15, 0.2) is 51.9 Å². The van der Waals surface area contributed by atoms with Crippen molar-refractivity contribution in [3.63, 3.8) is 0 Å². The van der Waals surface area contributed by atoms with Gasteiger partial charge in [0.1, 0.15) is 6.10 Å². The second kappa shape index (κ2) is 6.46. The number of nitrogens with one attached hydrogen (secondary N) is 1. The number of hydrogen-bond donors (Lipinski definition) is 1. The Labute approximate surface area is 136 Å². The molecule has 22 heavy (non-hydrogen) atoms. The molecule has 0 radical (unpaired) electrons. The fraction of sp³-hybridized carbons (Fsp3) is 0.250. The molecule has 0 saturated carbocycles. The SMILES string of the molecule is O=C(c1ccc(=O)[nH]c1)N1CCOC(c2ccc(Br)cc2)C1. The van der Waals surface area contributed by atoms with Gasteiger partial charge in [-0.2, -0.15) is 0 Å². The van der Waals surface area contributed by atoms with Crippen molar-refractivity contribution in [2.45, 2.75) is 6.10 Å². The molecule has 1 aromatic heterocycles. The van der Waals surface area contributed by atoms with Crippen LogP contribution in [0.4, 0.5) is 0 Å². The summed E-state index contributed by atoms with van der Waals surface area (Å²) in [5, 5.41) is 0. The zero-order valence-corrected chi connectivity index (χ0v) is 13.4. The summed E-state index contributed by atoms with van der Waals surface area (Å²) in [6, 6.07) is 10.8. The number of aromatic nitrogens is 1. The van der Waals surface area contributed by atoms with E-state index in [9.17, 15) is 9.59 Å². The zero-order valence-electron chi connectivity index (χ0n) is 11.8. The van der Waals surface area contributed by atoms with E-state index >= 15 is 0 Å². The van der Waals surface area contributed by atoms with Crippen LogP contribution in [0.1, 0.15) is 22.0 Å². The normalized spacial score (nSPS) is 18.2. The van der Waals surface area contributed by atoms with Crippen LogP contribution < -0.4 is 5.56 Å². The van der Waals surface area contributed by atoms with Gasteiger partial charge in [0.25, 0.3) is 5.91 Å². The summed E-state index contributed by atoms with van der Waals surface area (Å²) in [4.78, 5) is 27.8. The number of ether oxygens (including phenoxy) is 1. The smallest absolute Gasteiger partial charge is 0.255 e. The maximum Gasteiger partial charge on any atom is 0.255 e. The molecule has 1 saturated heterocycles. The summed E-state index contributed by atoms with van der Waals surface area (Å²) >= 11 is 3.41. The number of benzene rings is 1. The predicted octanol–water partition coefficient (Wildman–Crippen LogP) is 2.35. The first kappa shape index (κ1) is 15.0. The molecule has 1 aliphatic rings. The summed E-state index contributed by atoms with van der Waals surface area (Å²) in [5.74, 6) is -0.0957. The fourth-order valence-electron chi connectivity index (χ4n) is 2.44. The van der Waals surface area contributed by atoms with Gasteiger partial charge in [-0.25, -0.2) is 0 Å². The molecule has 0 aliphatic carbocycles. The second-order valence-corrected chi connectivity index (χ2v) is 6.02. The van der Waals surface area contributed by atoms with Crippen LogP contribution in [-0.4, -0.2) is 35.5 Å². The molecule has 1 aliphatic heterocycles. The third kappa shape index (κ3) is 3.28. The third-order valence-electron chi connectivity index (χ3n) is 3.63. The number of aromatic amines is 1. The van der Waals surface area contributed by atoms with E-state index in [0.717, 1.165) is 10.0 Å². The van der Waals surface area contributed by atoms with Crippen LogP contribution >= 0.6 is 15.9 Å². The molecule has 1 fully saturated rings. The average Bonchev–Trinajstić information content (AvgIpc) is 2.56. The van der Waals surface area contributed by atoms with E-state index in [1.807, 2.05) is 24.3 Å². The second-order valence-electron chi connectivity index (χ2n) is 5.10. The van der Waals surface area contributed by atoms with E-state index in [2.05, 4.69) is 20.9 Å². The lowest BCUT2D eigenvalue weighted by molar-refractivity contribution is -0.0228. The maximum absolute atomic E-state index is 12.5. The van der Waals surface area contributed by atoms with Gasteiger partial charge in [0.15, 0.2) is 0 Å². The number of halogens is 1. The van der Waals surface area contributed by atoms with E-state index in [1.54, 1.807) is 11.0 Å². The highest BCUT2D eigenvalue weighted by molar-refractivity contribution is 9.10. The van der Waals surface area contributed by atoms with E-state index in [4.69, 9.17) is 4.74 Å². The molecule has 1 N–H and O–H groups in total. The van der Waals surface area contributed by atoms with Crippen molar-refractivity contribution in [3.8, 4) is 0 Å². The number of pyridine rings is 1. The van der Waals surface area contributed by atoms with Gasteiger partial charge in [0, 0.05) is 23.3 Å². The number of morpholine rings is 1. The lowest BCUT2D eigenvalue weighted by Crippen LogP contribution is -2.42. The molecular weight excluding hydrogens is 348 g/mol. The molecule has 1 aromatic carbocycles. The fourth-order valence-corrected chi connectivity index (χ4v) is 2.70. The van der Waals surface area contributed by atoms with Gasteiger partial charge < -0.3 is 14.6 Å². The Morgan fingerprint density at radius 3 is 2.68 bits per heavy atom. The number of rotatable bonds is 2. The molecule has 0 spiro atoms. The van der Waals surface area contributed by atoms with Gasteiger partial charge >= 0.3 is 0 Å². The molecule has 1 unspecified atom stereocenters. The van der Waals surface area contributed by atoms with Crippen LogP contribution in [0.25, 0.3) is 0 Å². The van der Waals surface area contributed by atoms with Crippen molar-refractivity contribution >= 4 is 21.8 Å². The van der Waals surface area contributed by atoms with Crippen LogP contribution in [-0.2, 0) is 4.74 Å². The van der Waals surface area contributed by atoms with E-state index in [-0.39, 0.29) is 17.6 Å². The summed E-state index contributed by atoms with van der Waals surface area (Å²) in [5.41, 5.74) is 1.31. The monoisotopic (exact) mass is 362 g/mol. The zero-order chi connectivity index (χ0) is 15.5. The van der Waals surface area contributed by atoms with Crippen molar-refractivity contribution < 1.29 is 9.53 Å². The van der Waals surface area contributed by atoms with Crippen molar-refractivity contribution in [1.29, 1.82) is 0 Å². The molecule has 0 bridgehead atoms. The van der Waals surface area contributed by atoms with Gasteiger partial charge in [-0.3, -0.25) is 9.59 Å². The standard InChI is InChI=1S/C16H15BrN2O3/c17-13-4-1-11(2-5-13)14-10-19(7-8-22-14)16(21)12-3-6-15(20)18-9-12/h1-6,9,14H,7-8,10H2,(H,18,20). The van der Waals surface area contributed by atoms with Crippen molar-refractivity contribution in [1.82, 2.24) is 9.88 Å². The van der Waals surface area contributed by atoms with Gasteiger partial charge in [-0.1, -0.05) is 28.1 Å². The number of hydrogen-bond acceptors (Lipinski definition) is 3. The summed E-state index contributed by atoms with van der Waals surface area (Å²) in [7, 11) is 0. The maximum atomic E-state index is 12.5. The van der Waals surface area contributed by atoms with Gasteiger partial charge in [-0.05, 0) is 23.8 Å². The first-order valence-corrected chi connectivity index (χ1v) is 7.78. The molecule has 114 valence electrons. The molecule has 3 rings (SSSR count). The minimum Gasteiger partial charge on any atom is -0.370 e. The number of amides is 1. The number of nitrogens with zero attached hydrogens (tertiary/aromatic N) is 1. The topological polar surface area (TPSA) is 62.4 Å². The quantitative estimate of drug-likeness (QED) is 0.891. The molecule has 2 heterocycles. The largest absolute Gasteiger partial charge is 0.370 e. The highest BCUT2D eigenvalue weighted by Gasteiger charge is 2.26. The number of H-pyrrole nitrogens is 1.